The van der Waals surface area contributed by atoms with Crippen molar-refractivity contribution in [3.63, 3.8) is 0 Å². The van der Waals surface area contributed by atoms with Crippen LogP contribution in [-0.4, -0.2) is 62.5 Å². The average molecular weight is 536 g/mol. The van der Waals surface area contributed by atoms with Gasteiger partial charge in [0, 0.05) is 50.2 Å². The lowest BCUT2D eigenvalue weighted by Crippen LogP contribution is -2.48. The molecule has 0 spiro atoms. The number of piperazine rings is 1. The van der Waals surface area contributed by atoms with E-state index in [1.807, 2.05) is 31.2 Å². The van der Waals surface area contributed by atoms with Gasteiger partial charge in [-0.05, 0) is 48.7 Å². The first-order valence-electron chi connectivity index (χ1n) is 11.0. The predicted octanol–water partition coefficient (Wildman–Crippen LogP) is 2.98. The second-order valence-electron chi connectivity index (χ2n) is 8.72. The van der Waals surface area contributed by atoms with Gasteiger partial charge < -0.3 is 14.4 Å². The molecule has 1 saturated heterocycles. The molecule has 2 aromatic carbocycles. The summed E-state index contributed by atoms with van der Waals surface area (Å²) < 4.78 is 40.4. The van der Waals surface area contributed by atoms with Gasteiger partial charge in [-0.25, -0.2) is 8.42 Å². The molecule has 8 nitrogen and oxygen atoms in total. The zero-order valence-corrected chi connectivity index (χ0v) is 21.0. The molecule has 5 rings (SSSR count). The van der Waals surface area contributed by atoms with Crippen molar-refractivity contribution in [3.05, 3.63) is 45.9 Å². The molecule has 1 atom stereocenters. The number of amides is 1. The zero-order chi connectivity index (χ0) is 23.3. The van der Waals surface area contributed by atoms with E-state index in [9.17, 15) is 13.2 Å². The van der Waals surface area contributed by atoms with Crippen molar-refractivity contribution in [1.29, 1.82) is 0 Å². The number of sulfonamides is 1. The van der Waals surface area contributed by atoms with Crippen LogP contribution in [0.3, 0.4) is 0 Å². The minimum atomic E-state index is -3.76. The third kappa shape index (κ3) is 4.14. The molecule has 176 valence electrons. The summed E-state index contributed by atoms with van der Waals surface area (Å²) >= 11 is 3.46. The molecule has 1 amide bonds. The Hall–Kier alpha value is -2.14. The monoisotopic (exact) mass is 535 g/mol. The van der Waals surface area contributed by atoms with Gasteiger partial charge in [-0.2, -0.15) is 4.31 Å². The van der Waals surface area contributed by atoms with Crippen LogP contribution in [-0.2, 0) is 27.8 Å². The smallest absolute Gasteiger partial charge is 0.245 e. The van der Waals surface area contributed by atoms with Gasteiger partial charge in [0.1, 0.15) is 4.90 Å². The number of hydrogen-bond acceptors (Lipinski definition) is 6. The topological polar surface area (TPSA) is 79.4 Å². The maximum absolute atomic E-state index is 13.7. The van der Waals surface area contributed by atoms with E-state index in [1.54, 1.807) is 11.0 Å². The van der Waals surface area contributed by atoms with Crippen LogP contribution in [0, 0.1) is 0 Å². The van der Waals surface area contributed by atoms with Crippen LogP contribution >= 0.6 is 15.9 Å². The van der Waals surface area contributed by atoms with Crippen molar-refractivity contribution in [3.8, 4) is 11.5 Å². The summed E-state index contributed by atoms with van der Waals surface area (Å²) in [6.45, 7) is 6.42. The number of benzene rings is 2. The lowest BCUT2D eigenvalue weighted by molar-refractivity contribution is -0.116. The fourth-order valence-corrected chi connectivity index (χ4v) is 7.24. The van der Waals surface area contributed by atoms with Crippen LogP contribution < -0.4 is 14.4 Å². The van der Waals surface area contributed by atoms with E-state index in [-0.39, 0.29) is 23.6 Å². The standard InChI is InChI=1S/C23H26BrN3O5S/c1-15-9-18-11-19(24)12-22(23(18)27(15)16(2)28)33(29,30)26-7-5-25(6-8-26)13-17-3-4-20-21(10-17)32-14-31-20/h3-4,10-12,15H,5-9,13-14H2,1-2H3/t15-/m0/s1. The quantitative estimate of drug-likeness (QED) is 0.598. The summed E-state index contributed by atoms with van der Waals surface area (Å²) in [4.78, 5) is 16.4. The molecule has 3 aliphatic heterocycles. The number of halogens is 1. The number of rotatable bonds is 4. The highest BCUT2D eigenvalue weighted by Crippen LogP contribution is 2.41. The Morgan fingerprint density at radius 3 is 2.55 bits per heavy atom. The fourth-order valence-electron chi connectivity index (χ4n) is 4.92. The maximum Gasteiger partial charge on any atom is 0.245 e. The largest absolute Gasteiger partial charge is 0.454 e. The molecule has 3 heterocycles. The molecule has 0 bridgehead atoms. The van der Waals surface area contributed by atoms with Gasteiger partial charge in [0.2, 0.25) is 22.7 Å². The number of fused-ring (bicyclic) bond motifs is 2. The number of carbonyl (C=O) groups is 1. The molecule has 0 saturated carbocycles. The van der Waals surface area contributed by atoms with Gasteiger partial charge in [0.05, 0.1) is 5.69 Å². The van der Waals surface area contributed by atoms with E-state index in [1.165, 1.54) is 11.2 Å². The van der Waals surface area contributed by atoms with Gasteiger partial charge in [0.25, 0.3) is 0 Å². The van der Waals surface area contributed by atoms with E-state index in [2.05, 4.69) is 20.8 Å². The van der Waals surface area contributed by atoms with Crippen LogP contribution in [0.15, 0.2) is 39.7 Å². The second kappa shape index (κ2) is 8.57. The summed E-state index contributed by atoms with van der Waals surface area (Å²) in [6, 6.07) is 9.37. The Morgan fingerprint density at radius 1 is 1.09 bits per heavy atom. The van der Waals surface area contributed by atoms with Crippen LogP contribution in [0.5, 0.6) is 11.5 Å². The third-order valence-electron chi connectivity index (χ3n) is 6.45. The van der Waals surface area contributed by atoms with E-state index in [0.717, 1.165) is 22.6 Å². The number of ether oxygens (including phenoxy) is 2. The normalized spacial score (nSPS) is 20.8. The van der Waals surface area contributed by atoms with E-state index in [0.29, 0.717) is 49.3 Å². The van der Waals surface area contributed by atoms with Gasteiger partial charge in [0.15, 0.2) is 11.5 Å². The van der Waals surface area contributed by atoms with Gasteiger partial charge in [-0.3, -0.25) is 9.69 Å². The van der Waals surface area contributed by atoms with Crippen molar-refractivity contribution < 1.29 is 22.7 Å². The number of anilines is 1. The first-order chi connectivity index (χ1) is 15.7. The highest BCUT2D eigenvalue weighted by Gasteiger charge is 2.38. The fraction of sp³-hybridized carbons (Fsp3) is 0.435. The molecule has 33 heavy (non-hydrogen) atoms. The molecule has 1 fully saturated rings. The van der Waals surface area contributed by atoms with Crippen molar-refractivity contribution in [2.45, 2.75) is 37.8 Å². The minimum absolute atomic E-state index is 0.0701. The minimum Gasteiger partial charge on any atom is -0.454 e. The summed E-state index contributed by atoms with van der Waals surface area (Å²) in [6.07, 6.45) is 0.639. The SMILES string of the molecule is CC(=O)N1c2c(cc(Br)cc2S(=O)(=O)N2CCN(Cc3ccc4c(c3)OCO4)CC2)C[C@@H]1C. The Morgan fingerprint density at radius 2 is 1.82 bits per heavy atom. The van der Waals surface area contributed by atoms with E-state index in [4.69, 9.17) is 9.47 Å². The molecule has 0 radical (unpaired) electrons. The summed E-state index contributed by atoms with van der Waals surface area (Å²) in [5, 5.41) is 0. The Bertz CT molecular complexity index is 1210. The zero-order valence-electron chi connectivity index (χ0n) is 18.6. The van der Waals surface area contributed by atoms with E-state index >= 15 is 0 Å². The number of carbonyl (C=O) groups excluding carboxylic acids is 1. The first kappa shape index (κ1) is 22.6. The third-order valence-corrected chi connectivity index (χ3v) is 8.82. The number of nitrogens with zero attached hydrogens (tertiary/aromatic N) is 3. The molecule has 10 heteroatoms. The van der Waals surface area contributed by atoms with Gasteiger partial charge >= 0.3 is 0 Å². The Kier molecular flexibility index (Phi) is 5.88. The van der Waals surface area contributed by atoms with Gasteiger partial charge in [-0.15, -0.1) is 0 Å². The molecular formula is C23H26BrN3O5S. The van der Waals surface area contributed by atoms with E-state index < -0.39 is 10.0 Å². The maximum atomic E-state index is 13.7. The number of hydrogen-bond donors (Lipinski definition) is 0. The van der Waals surface area contributed by atoms with Crippen LogP contribution in [0.1, 0.15) is 25.0 Å². The Balaban J connectivity index is 1.34. The lowest BCUT2D eigenvalue weighted by Gasteiger charge is -2.34. The van der Waals surface area contributed by atoms with Crippen molar-refractivity contribution in [2.75, 3.05) is 37.9 Å². The second-order valence-corrected chi connectivity index (χ2v) is 11.5. The molecule has 0 N–H and O–H groups in total. The van der Waals surface area contributed by atoms with Gasteiger partial charge in [-0.1, -0.05) is 22.0 Å². The highest BCUT2D eigenvalue weighted by molar-refractivity contribution is 9.10. The van der Waals surface area contributed by atoms with Crippen LogP contribution in [0.4, 0.5) is 5.69 Å². The first-order valence-corrected chi connectivity index (χ1v) is 13.2. The molecule has 0 aliphatic carbocycles. The summed E-state index contributed by atoms with van der Waals surface area (Å²) in [5.41, 5.74) is 2.51. The summed E-state index contributed by atoms with van der Waals surface area (Å²) in [5.74, 6) is 1.36. The van der Waals surface area contributed by atoms with Crippen LogP contribution in [0.25, 0.3) is 0 Å². The molecular weight excluding hydrogens is 510 g/mol. The molecule has 3 aliphatic rings. The van der Waals surface area contributed by atoms with Crippen LogP contribution in [0.2, 0.25) is 0 Å². The predicted molar refractivity (Wildman–Crippen MR) is 127 cm³/mol. The van der Waals surface area contributed by atoms with Crippen molar-refractivity contribution in [1.82, 2.24) is 9.21 Å². The van der Waals surface area contributed by atoms with Crippen molar-refractivity contribution >= 4 is 37.5 Å². The lowest BCUT2D eigenvalue weighted by atomic mass is 10.1. The molecule has 0 unspecified atom stereocenters. The molecule has 0 aromatic heterocycles. The highest BCUT2D eigenvalue weighted by atomic mass is 79.9. The molecule has 2 aromatic rings. The summed E-state index contributed by atoms with van der Waals surface area (Å²) in [7, 11) is -3.76. The Labute approximate surface area is 202 Å². The van der Waals surface area contributed by atoms with Crippen molar-refractivity contribution in [2.24, 2.45) is 0 Å². The average Bonchev–Trinajstić information content (AvgIpc) is 3.36.